The molecule has 1 fully saturated rings. The van der Waals surface area contributed by atoms with Crippen LogP contribution in [0, 0.1) is 0 Å². The minimum atomic E-state index is -1.05. The Labute approximate surface area is 99.1 Å². The number of carbonyl (C=O) groups excluding carboxylic acids is 2. The number of nitrogens with zero attached hydrogens (tertiary/aromatic N) is 1. The van der Waals surface area contributed by atoms with Crippen molar-refractivity contribution in [1.29, 1.82) is 0 Å². The highest BCUT2D eigenvalue weighted by Crippen LogP contribution is 2.29. The third-order valence-corrected chi connectivity index (χ3v) is 3.93. The smallest absolute Gasteiger partial charge is 0.345 e. The molecule has 0 atom stereocenters. The minimum absolute atomic E-state index is 0.119. The number of anilines is 1. The van der Waals surface area contributed by atoms with E-state index in [0.717, 1.165) is 16.2 Å². The van der Waals surface area contributed by atoms with Gasteiger partial charge in [0.1, 0.15) is 9.88 Å². The second-order valence-electron chi connectivity index (χ2n) is 3.06. The van der Waals surface area contributed by atoms with Crippen molar-refractivity contribution in [2.45, 2.75) is 0 Å². The number of amides is 2. The van der Waals surface area contributed by atoms with E-state index in [1.165, 1.54) is 23.9 Å². The summed E-state index contributed by atoms with van der Waals surface area (Å²) in [5.41, 5.74) is 0. The molecule has 2 amide bonds. The number of aromatic carboxylic acids is 1. The monoisotopic (exact) mass is 257 g/mol. The van der Waals surface area contributed by atoms with E-state index in [1.54, 1.807) is 0 Å². The summed E-state index contributed by atoms with van der Waals surface area (Å²) in [6.45, 7) is 0. The molecule has 0 aromatic carbocycles. The number of hydrogen-bond acceptors (Lipinski definition) is 5. The lowest BCUT2D eigenvalue weighted by atomic mass is 10.4. The molecule has 0 spiro atoms. The lowest BCUT2D eigenvalue weighted by Gasteiger charge is -2.22. The van der Waals surface area contributed by atoms with Crippen molar-refractivity contribution in [3.63, 3.8) is 0 Å². The molecule has 1 aromatic heterocycles. The maximum atomic E-state index is 11.5. The van der Waals surface area contributed by atoms with Crippen LogP contribution < -0.4 is 4.90 Å². The molecule has 1 saturated heterocycles. The normalized spacial score (nSPS) is 16.6. The standard InChI is InChI=1S/C9H7NO4S2/c11-6-3-15-4-7(12)10(6)8-2-1-5(16-8)9(13)14/h1-2H,3-4H2,(H,13,14). The van der Waals surface area contributed by atoms with Crippen LogP contribution in [0.5, 0.6) is 0 Å². The molecule has 7 heteroatoms. The number of imide groups is 1. The number of carbonyl (C=O) groups is 3. The van der Waals surface area contributed by atoms with Crippen LogP contribution in [0.4, 0.5) is 5.00 Å². The van der Waals surface area contributed by atoms with Crippen LogP contribution in [0.25, 0.3) is 0 Å². The van der Waals surface area contributed by atoms with Gasteiger partial charge in [0.05, 0.1) is 11.5 Å². The summed E-state index contributed by atoms with van der Waals surface area (Å²) >= 11 is 2.20. The average Bonchev–Trinajstić information content (AvgIpc) is 2.66. The van der Waals surface area contributed by atoms with Crippen molar-refractivity contribution < 1.29 is 19.5 Å². The number of thiophene rings is 1. The quantitative estimate of drug-likeness (QED) is 0.802. The van der Waals surface area contributed by atoms with Crippen molar-refractivity contribution in [3.05, 3.63) is 17.0 Å². The summed E-state index contributed by atoms with van der Waals surface area (Å²) in [6.07, 6.45) is 0. The van der Waals surface area contributed by atoms with Crippen LogP contribution >= 0.6 is 23.1 Å². The number of carboxylic acid groups (broad SMARTS) is 1. The molecule has 0 saturated carbocycles. The first-order valence-corrected chi connectivity index (χ1v) is 6.33. The van der Waals surface area contributed by atoms with Crippen LogP contribution in [0.2, 0.25) is 0 Å². The van der Waals surface area contributed by atoms with Crippen LogP contribution in [-0.2, 0) is 9.59 Å². The topological polar surface area (TPSA) is 74.7 Å². The predicted octanol–water partition coefficient (Wildman–Crippen LogP) is 1.05. The van der Waals surface area contributed by atoms with Gasteiger partial charge in [-0.3, -0.25) is 9.59 Å². The molecular formula is C9H7NO4S2. The van der Waals surface area contributed by atoms with Gasteiger partial charge in [0.15, 0.2) is 0 Å². The number of thioether (sulfide) groups is 1. The maximum Gasteiger partial charge on any atom is 0.345 e. The van der Waals surface area contributed by atoms with E-state index in [4.69, 9.17) is 5.11 Å². The predicted molar refractivity (Wildman–Crippen MR) is 61.1 cm³/mol. The van der Waals surface area contributed by atoms with Crippen molar-refractivity contribution >= 4 is 45.9 Å². The molecule has 0 bridgehead atoms. The van der Waals surface area contributed by atoms with Crippen LogP contribution in [-0.4, -0.2) is 34.4 Å². The van der Waals surface area contributed by atoms with E-state index >= 15 is 0 Å². The Hall–Kier alpha value is -1.34. The highest BCUT2D eigenvalue weighted by molar-refractivity contribution is 8.00. The molecule has 0 aliphatic carbocycles. The fraction of sp³-hybridized carbons (Fsp3) is 0.222. The Kier molecular flexibility index (Phi) is 2.97. The molecule has 1 aromatic rings. The molecule has 2 rings (SSSR count). The molecular weight excluding hydrogens is 250 g/mol. The van der Waals surface area contributed by atoms with Gasteiger partial charge in [-0.15, -0.1) is 23.1 Å². The van der Waals surface area contributed by atoms with Gasteiger partial charge in [0.2, 0.25) is 11.8 Å². The Morgan fingerprint density at radius 3 is 2.38 bits per heavy atom. The van der Waals surface area contributed by atoms with E-state index in [9.17, 15) is 14.4 Å². The van der Waals surface area contributed by atoms with Gasteiger partial charge in [-0.2, -0.15) is 0 Å². The minimum Gasteiger partial charge on any atom is -0.477 e. The summed E-state index contributed by atoms with van der Waals surface area (Å²) in [7, 11) is 0. The van der Waals surface area contributed by atoms with E-state index in [2.05, 4.69) is 0 Å². The lowest BCUT2D eigenvalue weighted by Crippen LogP contribution is -2.42. The summed E-state index contributed by atoms with van der Waals surface area (Å²) in [5.74, 6) is -1.12. The zero-order valence-corrected chi connectivity index (χ0v) is 9.64. The number of hydrogen-bond donors (Lipinski definition) is 1. The summed E-state index contributed by atoms with van der Waals surface area (Å²) in [5, 5.41) is 9.13. The average molecular weight is 257 g/mol. The van der Waals surface area contributed by atoms with Gasteiger partial charge < -0.3 is 5.11 Å². The third-order valence-electron chi connectivity index (χ3n) is 1.97. The van der Waals surface area contributed by atoms with Gasteiger partial charge in [0.25, 0.3) is 0 Å². The lowest BCUT2D eigenvalue weighted by molar-refractivity contribution is -0.124. The largest absolute Gasteiger partial charge is 0.477 e. The van der Waals surface area contributed by atoms with E-state index in [0.29, 0.717) is 5.00 Å². The van der Waals surface area contributed by atoms with Gasteiger partial charge >= 0.3 is 5.97 Å². The Morgan fingerprint density at radius 1 is 1.25 bits per heavy atom. The molecule has 1 N–H and O–H groups in total. The Morgan fingerprint density at radius 2 is 1.88 bits per heavy atom. The van der Waals surface area contributed by atoms with Crippen LogP contribution in [0.3, 0.4) is 0 Å². The Bertz CT molecular complexity index is 452. The van der Waals surface area contributed by atoms with Crippen molar-refractivity contribution in [3.8, 4) is 0 Å². The fourth-order valence-corrected chi connectivity index (χ4v) is 2.89. The molecule has 0 radical (unpaired) electrons. The van der Waals surface area contributed by atoms with Gasteiger partial charge in [0, 0.05) is 0 Å². The van der Waals surface area contributed by atoms with Gasteiger partial charge in [-0.25, -0.2) is 9.69 Å². The molecule has 16 heavy (non-hydrogen) atoms. The van der Waals surface area contributed by atoms with Crippen LogP contribution in [0.1, 0.15) is 9.67 Å². The first-order valence-electron chi connectivity index (χ1n) is 4.36. The zero-order chi connectivity index (χ0) is 11.7. The highest BCUT2D eigenvalue weighted by atomic mass is 32.2. The van der Waals surface area contributed by atoms with Crippen molar-refractivity contribution in [1.82, 2.24) is 0 Å². The van der Waals surface area contributed by atoms with Gasteiger partial charge in [-0.1, -0.05) is 0 Å². The van der Waals surface area contributed by atoms with E-state index < -0.39 is 5.97 Å². The molecule has 5 nitrogen and oxygen atoms in total. The fourth-order valence-electron chi connectivity index (χ4n) is 1.30. The first-order chi connectivity index (χ1) is 7.59. The second-order valence-corrected chi connectivity index (χ2v) is 5.11. The number of rotatable bonds is 2. The summed E-state index contributed by atoms with van der Waals surface area (Å²) < 4.78 is 0. The first kappa shape index (κ1) is 11.2. The SMILES string of the molecule is O=C(O)c1ccc(N2C(=O)CSCC2=O)s1. The summed E-state index contributed by atoms with van der Waals surface area (Å²) in [6, 6.07) is 2.88. The highest BCUT2D eigenvalue weighted by Gasteiger charge is 2.29. The van der Waals surface area contributed by atoms with Crippen molar-refractivity contribution in [2.24, 2.45) is 0 Å². The second kappa shape index (κ2) is 4.26. The molecule has 1 aliphatic rings. The van der Waals surface area contributed by atoms with E-state index in [-0.39, 0.29) is 28.2 Å². The molecule has 1 aliphatic heterocycles. The van der Waals surface area contributed by atoms with Gasteiger partial charge in [-0.05, 0) is 12.1 Å². The molecule has 84 valence electrons. The summed E-state index contributed by atoms with van der Waals surface area (Å²) in [4.78, 5) is 34.9. The maximum absolute atomic E-state index is 11.5. The van der Waals surface area contributed by atoms with Crippen molar-refractivity contribution in [2.75, 3.05) is 16.4 Å². The third kappa shape index (κ3) is 1.96. The molecule has 2 heterocycles. The Balaban J connectivity index is 2.31. The van der Waals surface area contributed by atoms with E-state index in [1.807, 2.05) is 0 Å². The molecule has 0 unspecified atom stereocenters. The zero-order valence-electron chi connectivity index (χ0n) is 8.00. The number of carboxylic acids is 1. The van der Waals surface area contributed by atoms with Crippen LogP contribution in [0.15, 0.2) is 12.1 Å².